The Morgan fingerprint density at radius 2 is 1.95 bits per heavy atom. The number of nitrogens with one attached hydrogen (secondary N) is 1. The minimum absolute atomic E-state index is 0.0843. The van der Waals surface area contributed by atoms with Gasteiger partial charge in [-0.1, -0.05) is 12.1 Å². The number of anilines is 3. The summed E-state index contributed by atoms with van der Waals surface area (Å²) in [6.45, 7) is 2.32. The molecule has 1 aliphatic carbocycles. The predicted molar refractivity (Wildman–Crippen MR) is 161 cm³/mol. The topological polar surface area (TPSA) is 121 Å². The van der Waals surface area contributed by atoms with Crippen molar-refractivity contribution < 1.29 is 22.8 Å². The maximum absolute atomic E-state index is 15.9. The summed E-state index contributed by atoms with van der Waals surface area (Å²) in [6.07, 6.45) is 3.99. The summed E-state index contributed by atoms with van der Waals surface area (Å²) in [5.74, 6) is 2.10. The minimum atomic E-state index is -1.61. The number of ether oxygens (including phenoxy) is 2. The van der Waals surface area contributed by atoms with Gasteiger partial charge in [0.1, 0.15) is 34.3 Å². The van der Waals surface area contributed by atoms with E-state index in [2.05, 4.69) is 14.6 Å². The maximum Gasteiger partial charge on any atom is 0.163 e. The van der Waals surface area contributed by atoms with Gasteiger partial charge in [0.05, 0.1) is 37.9 Å². The number of fused-ring (bicyclic) bond motifs is 1. The van der Waals surface area contributed by atoms with Gasteiger partial charge in [-0.2, -0.15) is 0 Å². The molecule has 1 saturated carbocycles. The predicted octanol–water partition coefficient (Wildman–Crippen LogP) is 5.14. The van der Waals surface area contributed by atoms with E-state index in [1.54, 1.807) is 30.5 Å². The summed E-state index contributed by atoms with van der Waals surface area (Å²) in [7, 11) is 0. The van der Waals surface area contributed by atoms with Crippen molar-refractivity contribution >= 4 is 39.6 Å². The number of morpholine rings is 1. The second kappa shape index (κ2) is 12.6. The lowest BCUT2D eigenvalue weighted by atomic mass is 10.0. The van der Waals surface area contributed by atoms with Crippen LogP contribution in [0.2, 0.25) is 0 Å². The van der Waals surface area contributed by atoms with Crippen molar-refractivity contribution in [1.82, 2.24) is 15.0 Å². The van der Waals surface area contributed by atoms with E-state index in [1.165, 1.54) is 6.07 Å². The molecule has 2 aliphatic rings. The fourth-order valence-electron chi connectivity index (χ4n) is 4.82. The van der Waals surface area contributed by atoms with E-state index in [4.69, 9.17) is 25.2 Å². The van der Waals surface area contributed by atoms with Gasteiger partial charge in [0.15, 0.2) is 11.6 Å². The lowest BCUT2D eigenvalue weighted by Crippen LogP contribution is -2.37. The van der Waals surface area contributed by atoms with Gasteiger partial charge in [-0.25, -0.2) is 24.1 Å². The molecule has 0 radical (unpaired) electrons. The SMILES string of the molecule is Nc1ccc(-c2nc(N3CCOCC3)c3cc(-c4cccc(N[S+]([O-])CCCF)c4F)cc(OCC4CC4)c3n2)cn1. The summed E-state index contributed by atoms with van der Waals surface area (Å²) in [4.78, 5) is 16.2. The van der Waals surface area contributed by atoms with Gasteiger partial charge in [-0.3, -0.25) is 4.39 Å². The molecule has 2 fully saturated rings. The summed E-state index contributed by atoms with van der Waals surface area (Å²) < 4.78 is 55.4. The number of alkyl halides is 1. The van der Waals surface area contributed by atoms with Crippen LogP contribution in [0.1, 0.15) is 19.3 Å². The van der Waals surface area contributed by atoms with Crippen LogP contribution in [0.4, 0.5) is 26.1 Å². The van der Waals surface area contributed by atoms with E-state index >= 15 is 4.39 Å². The lowest BCUT2D eigenvalue weighted by molar-refractivity contribution is 0.122. The van der Waals surface area contributed by atoms with E-state index in [-0.39, 0.29) is 17.9 Å². The average Bonchev–Trinajstić information content (AvgIpc) is 3.85. The molecule has 2 aromatic carbocycles. The van der Waals surface area contributed by atoms with Crippen molar-refractivity contribution in [1.29, 1.82) is 0 Å². The largest absolute Gasteiger partial charge is 0.593 e. The van der Waals surface area contributed by atoms with Crippen LogP contribution in [0, 0.1) is 11.7 Å². The standard InChI is InChI=1S/C30H32F2N6O3S/c31-9-2-14-42(39)37-24-4-1-3-22(27(24)32)21-15-23-28(25(16-21)41-18-19-5-6-19)35-29(20-7-8-26(33)34-17-20)36-30(23)38-10-12-40-13-11-38/h1,3-4,7-8,15-17,19,37H,2,5-6,9-14,18H2,(H2,33,34). The van der Waals surface area contributed by atoms with Crippen molar-refractivity contribution in [2.24, 2.45) is 5.92 Å². The molecule has 220 valence electrons. The van der Waals surface area contributed by atoms with Crippen LogP contribution in [0.25, 0.3) is 33.4 Å². The van der Waals surface area contributed by atoms with Crippen LogP contribution < -0.4 is 20.1 Å². The molecule has 1 saturated heterocycles. The van der Waals surface area contributed by atoms with Crippen LogP contribution in [-0.2, 0) is 16.1 Å². The molecule has 0 amide bonds. The molecule has 6 rings (SSSR count). The van der Waals surface area contributed by atoms with E-state index in [1.807, 2.05) is 12.1 Å². The Kier molecular flexibility index (Phi) is 8.54. The van der Waals surface area contributed by atoms with Gasteiger partial charge in [0.2, 0.25) is 0 Å². The molecule has 0 bridgehead atoms. The Hall–Kier alpha value is -3.74. The Bertz CT molecular complexity index is 1550. The number of hydrogen-bond acceptors (Lipinski definition) is 9. The number of aromatic nitrogens is 3. The summed E-state index contributed by atoms with van der Waals surface area (Å²) in [6, 6.07) is 12.1. The normalized spacial score (nSPS) is 16.0. The molecule has 4 aromatic rings. The number of halogens is 2. The summed E-state index contributed by atoms with van der Waals surface area (Å²) in [5.41, 5.74) is 8.11. The molecule has 3 heterocycles. The molecule has 1 atom stereocenters. The van der Waals surface area contributed by atoms with E-state index in [9.17, 15) is 8.94 Å². The van der Waals surface area contributed by atoms with Gasteiger partial charge in [0, 0.05) is 42.2 Å². The van der Waals surface area contributed by atoms with Gasteiger partial charge < -0.3 is 24.7 Å². The van der Waals surface area contributed by atoms with Gasteiger partial charge >= 0.3 is 0 Å². The summed E-state index contributed by atoms with van der Waals surface area (Å²) >= 11 is -1.61. The molecular formula is C30H32F2N6O3S. The van der Waals surface area contributed by atoms with Crippen LogP contribution in [0.15, 0.2) is 48.7 Å². The highest BCUT2D eigenvalue weighted by Gasteiger charge is 2.26. The molecule has 3 N–H and O–H groups in total. The molecule has 12 heteroatoms. The molecule has 42 heavy (non-hydrogen) atoms. The number of pyridine rings is 1. The minimum Gasteiger partial charge on any atom is -0.593 e. The quantitative estimate of drug-likeness (QED) is 0.227. The van der Waals surface area contributed by atoms with Crippen LogP contribution >= 0.6 is 0 Å². The highest BCUT2D eigenvalue weighted by molar-refractivity contribution is 7.92. The number of nitrogens with two attached hydrogens (primary N) is 1. The fourth-order valence-corrected chi connectivity index (χ4v) is 5.69. The second-order valence-electron chi connectivity index (χ2n) is 10.4. The van der Waals surface area contributed by atoms with Crippen molar-refractivity contribution in [3.05, 3.63) is 54.5 Å². The van der Waals surface area contributed by atoms with E-state index < -0.39 is 23.9 Å². The Labute approximate surface area is 245 Å². The smallest absolute Gasteiger partial charge is 0.163 e. The van der Waals surface area contributed by atoms with Crippen molar-refractivity contribution in [3.63, 3.8) is 0 Å². The maximum atomic E-state index is 15.9. The fraction of sp³-hybridized carbons (Fsp3) is 0.367. The first-order chi connectivity index (χ1) is 20.5. The highest BCUT2D eigenvalue weighted by atomic mass is 32.2. The first-order valence-corrected chi connectivity index (χ1v) is 15.3. The zero-order valence-corrected chi connectivity index (χ0v) is 23.8. The van der Waals surface area contributed by atoms with E-state index in [0.717, 1.165) is 18.2 Å². The van der Waals surface area contributed by atoms with Gasteiger partial charge in [0.25, 0.3) is 0 Å². The third kappa shape index (κ3) is 6.35. The number of nitrogens with zero attached hydrogens (tertiary/aromatic N) is 4. The molecule has 2 aromatic heterocycles. The van der Waals surface area contributed by atoms with E-state index in [0.29, 0.717) is 84.2 Å². The Morgan fingerprint density at radius 1 is 1.12 bits per heavy atom. The van der Waals surface area contributed by atoms with Crippen LogP contribution in [0.5, 0.6) is 5.75 Å². The molecule has 1 aliphatic heterocycles. The Balaban J connectivity index is 1.49. The number of hydrogen-bond donors (Lipinski definition) is 2. The molecule has 1 unspecified atom stereocenters. The van der Waals surface area contributed by atoms with Crippen LogP contribution in [-0.4, -0.2) is 64.8 Å². The monoisotopic (exact) mass is 594 g/mol. The van der Waals surface area contributed by atoms with Crippen LogP contribution in [0.3, 0.4) is 0 Å². The van der Waals surface area contributed by atoms with Crippen molar-refractivity contribution in [2.45, 2.75) is 19.3 Å². The van der Waals surface area contributed by atoms with Gasteiger partial charge in [-0.15, -0.1) is 0 Å². The molecular weight excluding hydrogens is 562 g/mol. The first kappa shape index (κ1) is 28.4. The second-order valence-corrected chi connectivity index (χ2v) is 11.7. The Morgan fingerprint density at radius 3 is 2.69 bits per heavy atom. The summed E-state index contributed by atoms with van der Waals surface area (Å²) in [5, 5.41) is 0.719. The number of nitrogen functional groups attached to an aromatic ring is 1. The average molecular weight is 595 g/mol. The highest BCUT2D eigenvalue weighted by Crippen LogP contribution is 2.40. The zero-order valence-electron chi connectivity index (χ0n) is 23.0. The molecule has 9 nitrogen and oxygen atoms in total. The first-order valence-electron chi connectivity index (χ1n) is 14.0. The number of benzene rings is 2. The molecule has 0 spiro atoms. The van der Waals surface area contributed by atoms with Gasteiger partial charge in [-0.05, 0) is 54.7 Å². The zero-order chi connectivity index (χ0) is 29.1. The third-order valence-electron chi connectivity index (χ3n) is 7.27. The van der Waals surface area contributed by atoms with Crippen molar-refractivity contribution in [3.8, 4) is 28.3 Å². The third-order valence-corrected chi connectivity index (χ3v) is 8.38. The lowest BCUT2D eigenvalue weighted by Gasteiger charge is -2.29. The number of rotatable bonds is 11. The van der Waals surface area contributed by atoms with Crippen molar-refractivity contribution in [2.75, 3.05) is 60.7 Å².